The molecule has 3 aliphatic heterocycles. The number of esters is 4. The maximum absolute atomic E-state index is 14.5. The van der Waals surface area contributed by atoms with Crippen molar-refractivity contribution < 1.29 is 52.4 Å². The third-order valence-corrected chi connectivity index (χ3v) is 13.4. The summed E-state index contributed by atoms with van der Waals surface area (Å²) >= 11 is 2.65. The van der Waals surface area contributed by atoms with Gasteiger partial charge in [-0.2, -0.15) is 0 Å². The summed E-state index contributed by atoms with van der Waals surface area (Å²) in [5.74, 6) is -2.94. The number of fused-ring (bicyclic) bond motifs is 4. The fraction of sp³-hybridized carbons (Fsp3) is 0.289. The second kappa shape index (κ2) is 14.9. The van der Waals surface area contributed by atoms with Gasteiger partial charge in [0, 0.05) is 16.0 Å². The number of nitrogens with zero attached hydrogens (tertiary/aromatic N) is 1. The lowest BCUT2D eigenvalue weighted by atomic mass is 9.83. The van der Waals surface area contributed by atoms with Crippen molar-refractivity contribution in [3.05, 3.63) is 91.4 Å². The number of amides is 1. The minimum atomic E-state index is -1.72. The van der Waals surface area contributed by atoms with Crippen LogP contribution in [0.15, 0.2) is 85.9 Å². The van der Waals surface area contributed by atoms with Crippen molar-refractivity contribution in [2.75, 3.05) is 46.6 Å². The summed E-state index contributed by atoms with van der Waals surface area (Å²) in [5.41, 5.74) is -0.0843. The van der Waals surface area contributed by atoms with Crippen LogP contribution in [0, 0.1) is 0 Å². The summed E-state index contributed by atoms with van der Waals surface area (Å²) in [7, 11) is 4.66. The van der Waals surface area contributed by atoms with Crippen LogP contribution < -0.4 is 14.4 Å². The van der Waals surface area contributed by atoms with Crippen LogP contribution in [-0.2, 0) is 42.9 Å². The van der Waals surface area contributed by atoms with Gasteiger partial charge in [0.25, 0.3) is 5.91 Å². The molecule has 3 heterocycles. The average molecular weight is 778 g/mol. The number of carbonyl (C=O) groups is 5. The number of rotatable bonds is 9. The van der Waals surface area contributed by atoms with Gasteiger partial charge in [-0.25, -0.2) is 19.2 Å². The zero-order chi connectivity index (χ0) is 38.2. The lowest BCUT2D eigenvalue weighted by Gasteiger charge is -2.50. The molecular formula is C38H35NO11S3. The van der Waals surface area contributed by atoms with E-state index in [2.05, 4.69) is 0 Å². The molecule has 0 saturated carbocycles. The van der Waals surface area contributed by atoms with Gasteiger partial charge in [0.05, 0.1) is 51.8 Å². The highest BCUT2D eigenvalue weighted by Crippen LogP contribution is 2.71. The van der Waals surface area contributed by atoms with E-state index in [1.807, 2.05) is 43.3 Å². The third kappa shape index (κ3) is 6.44. The zero-order valence-electron chi connectivity index (χ0n) is 29.9. The number of thioether (sulfide) groups is 3. The Hall–Kier alpha value is -4.86. The molecule has 0 aliphatic carbocycles. The first kappa shape index (κ1) is 37.9. The Morgan fingerprint density at radius 3 is 1.85 bits per heavy atom. The fourth-order valence-electron chi connectivity index (χ4n) is 6.47. The Balaban J connectivity index is 1.57. The summed E-state index contributed by atoms with van der Waals surface area (Å²) in [6, 6.07) is 18.5. The molecule has 53 heavy (non-hydrogen) atoms. The molecule has 0 fully saturated rings. The highest BCUT2D eigenvalue weighted by Gasteiger charge is 2.62. The standard InChI is InChI=1S/C38H35NO11S3/c1-8-49-23-15-16-25-24(18-23)27-32(37(2,3)39(25)26(40)19-50-22-14-13-20-11-9-10-12-21(20)17-22)51-29(34(42)46-5)28(33(41)45-4)38(27)52-30(35(43)47-6)31(53-38)36(44)48-7/h9-18H,8,19H2,1-7H3. The minimum absolute atomic E-state index is 0.142. The first-order valence-electron chi connectivity index (χ1n) is 16.2. The maximum Gasteiger partial charge on any atom is 0.345 e. The monoisotopic (exact) mass is 777 g/mol. The van der Waals surface area contributed by atoms with Crippen LogP contribution in [0.4, 0.5) is 5.69 Å². The highest BCUT2D eigenvalue weighted by atomic mass is 32.2. The zero-order valence-corrected chi connectivity index (χ0v) is 32.3. The molecule has 0 atom stereocenters. The van der Waals surface area contributed by atoms with Crippen molar-refractivity contribution in [1.29, 1.82) is 0 Å². The van der Waals surface area contributed by atoms with Crippen LogP contribution in [0.1, 0.15) is 26.3 Å². The van der Waals surface area contributed by atoms with E-state index >= 15 is 0 Å². The van der Waals surface area contributed by atoms with Crippen molar-refractivity contribution in [3.8, 4) is 11.5 Å². The smallest absolute Gasteiger partial charge is 0.345 e. The van der Waals surface area contributed by atoms with Crippen LogP contribution >= 0.6 is 35.3 Å². The number of benzene rings is 3. The van der Waals surface area contributed by atoms with Gasteiger partial charge in [0.15, 0.2) is 6.61 Å². The number of carbonyl (C=O) groups excluding carboxylic acids is 5. The molecular weight excluding hydrogens is 743 g/mol. The predicted octanol–water partition coefficient (Wildman–Crippen LogP) is 6.23. The van der Waals surface area contributed by atoms with E-state index in [1.54, 1.807) is 43.0 Å². The van der Waals surface area contributed by atoms with E-state index < -0.39 is 39.4 Å². The molecule has 276 valence electrons. The molecule has 15 heteroatoms. The Morgan fingerprint density at radius 1 is 0.679 bits per heavy atom. The van der Waals surface area contributed by atoms with Gasteiger partial charge in [-0.15, -0.1) is 0 Å². The van der Waals surface area contributed by atoms with Crippen molar-refractivity contribution >= 4 is 87.1 Å². The molecule has 1 amide bonds. The number of hydrogen-bond donors (Lipinski definition) is 0. The number of hydrogen-bond acceptors (Lipinski definition) is 14. The molecule has 6 rings (SSSR count). The molecule has 3 aliphatic rings. The Morgan fingerprint density at radius 2 is 1.25 bits per heavy atom. The van der Waals surface area contributed by atoms with Crippen molar-refractivity contribution in [2.45, 2.75) is 30.4 Å². The lowest BCUT2D eigenvalue weighted by molar-refractivity contribution is -0.138. The van der Waals surface area contributed by atoms with Crippen LogP contribution in [0.3, 0.4) is 0 Å². The van der Waals surface area contributed by atoms with Gasteiger partial charge < -0.3 is 28.4 Å². The number of methoxy groups -OCH3 is 4. The second-order valence-electron chi connectivity index (χ2n) is 12.2. The normalized spacial score (nSPS) is 16.9. The van der Waals surface area contributed by atoms with Crippen LogP contribution in [-0.4, -0.2) is 81.1 Å². The van der Waals surface area contributed by atoms with E-state index in [4.69, 9.17) is 28.4 Å². The SMILES string of the molecule is CCOc1ccc2c(c1)C1=C(SC(C(=O)OC)=C(C(=O)OC)C13SC(C(=O)OC)=C(C(=O)OC)S3)C(C)(C)N2C(=O)COc1ccc2ccccc2c1. The van der Waals surface area contributed by atoms with Gasteiger partial charge in [-0.1, -0.05) is 65.6 Å². The second-order valence-corrected chi connectivity index (χ2v) is 15.9. The maximum atomic E-state index is 14.5. The molecule has 0 saturated heterocycles. The first-order chi connectivity index (χ1) is 25.4. The summed E-state index contributed by atoms with van der Waals surface area (Å²) in [6.45, 7) is 5.40. The van der Waals surface area contributed by atoms with E-state index in [9.17, 15) is 24.0 Å². The molecule has 0 unspecified atom stereocenters. The lowest BCUT2D eigenvalue weighted by Crippen LogP contribution is -2.55. The molecule has 3 aromatic rings. The topological polar surface area (TPSA) is 144 Å². The van der Waals surface area contributed by atoms with E-state index in [1.165, 1.54) is 7.11 Å². The van der Waals surface area contributed by atoms with E-state index in [0.717, 1.165) is 67.4 Å². The van der Waals surface area contributed by atoms with Crippen molar-refractivity contribution in [2.24, 2.45) is 0 Å². The quantitative estimate of drug-likeness (QED) is 0.179. The molecule has 12 nitrogen and oxygen atoms in total. The van der Waals surface area contributed by atoms with Gasteiger partial charge >= 0.3 is 23.9 Å². The molecule has 0 aromatic heterocycles. The average Bonchev–Trinajstić information content (AvgIpc) is 3.55. The Bertz CT molecular complexity index is 2140. The summed E-state index contributed by atoms with van der Waals surface area (Å²) < 4.78 is 30.9. The van der Waals surface area contributed by atoms with Gasteiger partial charge in [-0.05, 0) is 61.9 Å². The fourth-order valence-corrected chi connectivity index (χ4v) is 11.5. The van der Waals surface area contributed by atoms with Crippen LogP contribution in [0.2, 0.25) is 0 Å². The number of ether oxygens (including phenoxy) is 6. The van der Waals surface area contributed by atoms with Crippen molar-refractivity contribution in [1.82, 2.24) is 0 Å². The highest BCUT2D eigenvalue weighted by molar-refractivity contribution is 8.26. The predicted molar refractivity (Wildman–Crippen MR) is 203 cm³/mol. The van der Waals surface area contributed by atoms with Crippen LogP contribution in [0.25, 0.3) is 16.3 Å². The van der Waals surface area contributed by atoms with Crippen molar-refractivity contribution in [3.63, 3.8) is 0 Å². The molecule has 0 bridgehead atoms. The number of anilines is 1. The van der Waals surface area contributed by atoms with Gasteiger partial charge in [-0.3, -0.25) is 9.69 Å². The van der Waals surface area contributed by atoms with E-state index in [0.29, 0.717) is 39.8 Å². The molecule has 0 radical (unpaired) electrons. The summed E-state index contributed by atoms with van der Waals surface area (Å²) in [5, 5.41) is 1.97. The molecule has 0 N–H and O–H groups in total. The van der Waals surface area contributed by atoms with Gasteiger partial charge in [0.1, 0.15) is 30.3 Å². The summed E-state index contributed by atoms with van der Waals surface area (Å²) in [6.07, 6.45) is 0. The molecule has 1 spiro atoms. The summed E-state index contributed by atoms with van der Waals surface area (Å²) in [4.78, 5) is 70.3. The third-order valence-electron chi connectivity index (χ3n) is 8.75. The first-order valence-corrected chi connectivity index (χ1v) is 18.7. The Kier molecular flexibility index (Phi) is 10.6. The Labute approximate surface area is 318 Å². The van der Waals surface area contributed by atoms with E-state index in [-0.39, 0.29) is 26.9 Å². The largest absolute Gasteiger partial charge is 0.494 e. The molecule has 3 aromatic carbocycles. The van der Waals surface area contributed by atoms with Gasteiger partial charge in [0.2, 0.25) is 0 Å². The minimum Gasteiger partial charge on any atom is -0.494 e. The van der Waals surface area contributed by atoms with Crippen LogP contribution in [0.5, 0.6) is 11.5 Å².